The summed E-state index contributed by atoms with van der Waals surface area (Å²) in [5, 5.41) is 9.42. The number of methoxy groups -OCH3 is 1. The Bertz CT molecular complexity index is 915. The highest BCUT2D eigenvalue weighted by Gasteiger charge is 2.32. The number of ether oxygens (including phenoxy) is 1. The van der Waals surface area contributed by atoms with Crippen molar-refractivity contribution in [3.05, 3.63) is 35.7 Å². The lowest BCUT2D eigenvalue weighted by Crippen LogP contribution is -2.41. The molecule has 8 nitrogen and oxygen atoms in total. The van der Waals surface area contributed by atoms with E-state index in [2.05, 4.69) is 10.1 Å². The van der Waals surface area contributed by atoms with Crippen molar-refractivity contribution in [2.45, 2.75) is 49.1 Å². The van der Waals surface area contributed by atoms with E-state index in [1.807, 2.05) is 0 Å². The fourth-order valence-electron chi connectivity index (χ4n) is 3.41. The fourth-order valence-corrected chi connectivity index (χ4v) is 3.94. The van der Waals surface area contributed by atoms with Gasteiger partial charge in [0.15, 0.2) is 0 Å². The van der Waals surface area contributed by atoms with E-state index in [0.29, 0.717) is 18.1 Å². The Morgan fingerprint density at radius 3 is 2.69 bits per heavy atom. The zero-order valence-corrected chi connectivity index (χ0v) is 15.4. The minimum atomic E-state index is -3.97. The number of benzene rings is 1. The molecule has 0 spiro atoms. The number of aromatic nitrogens is 3. The van der Waals surface area contributed by atoms with E-state index in [4.69, 9.17) is 15.6 Å². The molecule has 1 fully saturated rings. The Labute approximate surface area is 151 Å². The summed E-state index contributed by atoms with van der Waals surface area (Å²) in [4.78, 5) is 4.25. The predicted molar refractivity (Wildman–Crippen MR) is 92.8 cm³/mol. The number of sulfonamides is 1. The highest BCUT2D eigenvalue weighted by Crippen LogP contribution is 2.34. The Kier molecular flexibility index (Phi) is 5.11. The molecule has 26 heavy (non-hydrogen) atoms. The number of halogens is 1. The largest absolute Gasteiger partial charge is 0.380 e. The van der Waals surface area contributed by atoms with Crippen molar-refractivity contribution < 1.29 is 17.5 Å². The molecule has 0 aliphatic heterocycles. The zero-order chi connectivity index (χ0) is 19.1. The third-order valence-corrected chi connectivity index (χ3v) is 5.63. The molecule has 0 radical (unpaired) electrons. The molecule has 1 aliphatic rings. The van der Waals surface area contributed by atoms with Gasteiger partial charge in [0.25, 0.3) is 0 Å². The molecule has 1 saturated carbocycles. The molecule has 1 aromatic heterocycles. The quantitative estimate of drug-likeness (QED) is 0.810. The summed E-state index contributed by atoms with van der Waals surface area (Å²) < 4.78 is 44.4. The molecule has 1 aliphatic carbocycles. The van der Waals surface area contributed by atoms with Crippen LogP contribution >= 0.6 is 0 Å². The van der Waals surface area contributed by atoms with Crippen molar-refractivity contribution in [2.75, 3.05) is 7.11 Å². The van der Waals surface area contributed by atoms with Crippen LogP contribution in [0, 0.1) is 12.7 Å². The fraction of sp³-hybridized carbons (Fsp3) is 0.500. The van der Waals surface area contributed by atoms with Crippen molar-refractivity contribution in [2.24, 2.45) is 10.9 Å². The highest BCUT2D eigenvalue weighted by molar-refractivity contribution is 7.89. The highest BCUT2D eigenvalue weighted by atomic mass is 32.2. The van der Waals surface area contributed by atoms with Gasteiger partial charge in [-0.3, -0.25) is 0 Å². The van der Waals surface area contributed by atoms with Crippen LogP contribution in [0.2, 0.25) is 0 Å². The number of nitrogens with two attached hydrogens (primary N) is 2. The van der Waals surface area contributed by atoms with E-state index in [1.165, 1.54) is 10.7 Å². The maximum absolute atomic E-state index is 14.4. The predicted octanol–water partition coefficient (Wildman–Crippen LogP) is 0.972. The number of hydrogen-bond donors (Lipinski definition) is 2. The smallest absolute Gasteiger partial charge is 0.238 e. The summed E-state index contributed by atoms with van der Waals surface area (Å²) in [6.45, 7) is 1.70. The Balaban J connectivity index is 2.03. The van der Waals surface area contributed by atoms with Crippen LogP contribution < -0.4 is 10.9 Å². The molecular weight excluding hydrogens is 361 g/mol. The van der Waals surface area contributed by atoms with Crippen LogP contribution in [0.5, 0.6) is 0 Å². The molecule has 142 valence electrons. The lowest BCUT2D eigenvalue weighted by Gasteiger charge is -2.32. The van der Waals surface area contributed by atoms with Crippen LogP contribution in [0.3, 0.4) is 0 Å². The number of hydrogen-bond acceptors (Lipinski definition) is 6. The van der Waals surface area contributed by atoms with E-state index in [-0.39, 0.29) is 28.6 Å². The van der Waals surface area contributed by atoms with Gasteiger partial charge in [0.2, 0.25) is 10.0 Å². The van der Waals surface area contributed by atoms with Crippen molar-refractivity contribution >= 4 is 10.0 Å². The van der Waals surface area contributed by atoms with Gasteiger partial charge in [0.1, 0.15) is 23.2 Å². The molecular formula is C16H22FN5O3S. The monoisotopic (exact) mass is 383 g/mol. The summed E-state index contributed by atoms with van der Waals surface area (Å²) in [5.41, 5.74) is 6.17. The molecule has 10 heteroatoms. The van der Waals surface area contributed by atoms with Gasteiger partial charge in [-0.2, -0.15) is 5.10 Å². The van der Waals surface area contributed by atoms with Gasteiger partial charge >= 0.3 is 0 Å². The van der Waals surface area contributed by atoms with Crippen molar-refractivity contribution in [1.29, 1.82) is 0 Å². The Morgan fingerprint density at radius 1 is 1.35 bits per heavy atom. The second-order valence-electron chi connectivity index (χ2n) is 6.54. The van der Waals surface area contributed by atoms with Crippen molar-refractivity contribution in [3.63, 3.8) is 0 Å². The third-order valence-electron chi connectivity index (χ3n) is 4.71. The average Bonchev–Trinajstić information content (AvgIpc) is 2.95. The first-order valence-corrected chi connectivity index (χ1v) is 9.80. The van der Waals surface area contributed by atoms with Crippen molar-refractivity contribution in [1.82, 2.24) is 14.8 Å². The van der Waals surface area contributed by atoms with Crippen molar-refractivity contribution in [3.8, 4) is 5.69 Å². The molecule has 1 heterocycles. The summed E-state index contributed by atoms with van der Waals surface area (Å²) in [6, 6.07) is 3.19. The molecule has 0 unspecified atom stereocenters. The van der Waals surface area contributed by atoms with Gasteiger partial charge in [-0.1, -0.05) is 0 Å². The van der Waals surface area contributed by atoms with Crippen LogP contribution in [0.1, 0.15) is 36.8 Å². The van der Waals surface area contributed by atoms with Gasteiger partial charge in [-0.15, -0.1) is 0 Å². The molecule has 0 bridgehead atoms. The molecule has 0 saturated heterocycles. The van der Waals surface area contributed by atoms with Gasteiger partial charge in [0, 0.05) is 19.1 Å². The third kappa shape index (κ3) is 3.63. The molecule has 2 aromatic rings. The number of primary sulfonamides is 1. The number of nitrogens with zero attached hydrogens (tertiary/aromatic N) is 3. The summed E-state index contributed by atoms with van der Waals surface area (Å²) >= 11 is 0. The molecule has 3 rings (SSSR count). The lowest BCUT2D eigenvalue weighted by atomic mass is 9.83. The summed E-state index contributed by atoms with van der Waals surface area (Å²) in [5.74, 6) is 0.370. The molecule has 4 N–H and O–H groups in total. The minimum Gasteiger partial charge on any atom is -0.380 e. The first-order valence-electron chi connectivity index (χ1n) is 8.25. The number of aryl methyl sites for hydroxylation is 1. The second-order valence-corrected chi connectivity index (χ2v) is 8.10. The summed E-state index contributed by atoms with van der Waals surface area (Å²) in [7, 11) is -2.33. The van der Waals surface area contributed by atoms with Gasteiger partial charge in [-0.25, -0.2) is 27.6 Å². The standard InChI is InChI=1S/C16H22FN5O3S/c1-9-20-16(10-3-6-15(25-2)13(18)7-10)22(21-9)14-8-11(26(19,23)24)4-5-12(14)17/h4-5,8,10,13,15H,3,6-7,18H2,1-2H3,(H2,19,23,24)/t10-,13+,15+/m0/s1. The van der Waals surface area contributed by atoms with E-state index in [1.54, 1.807) is 14.0 Å². The van der Waals surface area contributed by atoms with Gasteiger partial charge in [0.05, 0.1) is 11.0 Å². The van der Waals surface area contributed by atoms with E-state index in [9.17, 15) is 12.8 Å². The Morgan fingerprint density at radius 2 is 2.08 bits per heavy atom. The average molecular weight is 383 g/mol. The SMILES string of the molecule is CO[C@@H]1CC[C@H](c2nc(C)nn2-c2cc(S(N)(=O)=O)ccc2F)C[C@H]1N. The normalized spacial score (nSPS) is 24.0. The van der Waals surface area contributed by atoms with Crippen LogP contribution in [-0.4, -0.2) is 42.4 Å². The Hall–Kier alpha value is -1.88. The molecule has 3 atom stereocenters. The van der Waals surface area contributed by atoms with Crippen LogP contribution in [0.4, 0.5) is 4.39 Å². The second kappa shape index (κ2) is 7.03. The topological polar surface area (TPSA) is 126 Å². The first kappa shape index (κ1) is 18.9. The zero-order valence-electron chi connectivity index (χ0n) is 14.6. The van der Waals surface area contributed by atoms with Gasteiger partial charge < -0.3 is 10.5 Å². The van der Waals surface area contributed by atoms with Crippen LogP contribution in [0.15, 0.2) is 23.1 Å². The molecule has 0 amide bonds. The number of rotatable bonds is 4. The van der Waals surface area contributed by atoms with E-state index in [0.717, 1.165) is 25.0 Å². The van der Waals surface area contributed by atoms with E-state index < -0.39 is 15.8 Å². The van der Waals surface area contributed by atoms with E-state index >= 15 is 0 Å². The minimum absolute atomic E-state index is 0.00504. The van der Waals surface area contributed by atoms with Gasteiger partial charge in [-0.05, 0) is 44.4 Å². The first-order chi connectivity index (χ1) is 12.2. The lowest BCUT2D eigenvalue weighted by molar-refractivity contribution is 0.0482. The summed E-state index contributed by atoms with van der Waals surface area (Å²) in [6.07, 6.45) is 2.12. The van der Waals surface area contributed by atoms with Crippen LogP contribution in [-0.2, 0) is 14.8 Å². The maximum Gasteiger partial charge on any atom is 0.238 e. The maximum atomic E-state index is 14.4. The van der Waals surface area contributed by atoms with Crippen LogP contribution in [0.25, 0.3) is 5.69 Å². The molecule has 1 aromatic carbocycles.